The average Bonchev–Trinajstić information content (AvgIpc) is 2.67. The van der Waals surface area contributed by atoms with Crippen molar-refractivity contribution < 1.29 is 9.90 Å². The Labute approximate surface area is 104 Å². The molecule has 88 valence electrons. The zero-order chi connectivity index (χ0) is 11.7. The van der Waals surface area contributed by atoms with Crippen LogP contribution < -0.4 is 0 Å². The van der Waals surface area contributed by atoms with Crippen molar-refractivity contribution in [2.75, 3.05) is 13.1 Å². The molecule has 1 aliphatic rings. The number of nitrogens with zero attached hydrogens (tertiary/aromatic N) is 1. The average molecular weight is 260 g/mol. The summed E-state index contributed by atoms with van der Waals surface area (Å²) in [4.78, 5) is 14.5. The van der Waals surface area contributed by atoms with Crippen LogP contribution in [0.3, 0.4) is 0 Å². The summed E-state index contributed by atoms with van der Waals surface area (Å²) in [5.74, 6) is 0.121. The molecule has 2 atom stereocenters. The van der Waals surface area contributed by atoms with Gasteiger partial charge in [0.2, 0.25) is 0 Å². The Kier molecular flexibility index (Phi) is 3.52. The molecule has 5 heteroatoms. The molecule has 1 aromatic heterocycles. The van der Waals surface area contributed by atoms with Crippen LogP contribution in [0.25, 0.3) is 0 Å². The van der Waals surface area contributed by atoms with Crippen molar-refractivity contribution >= 4 is 28.8 Å². The zero-order valence-corrected chi connectivity index (χ0v) is 10.6. The molecule has 1 aromatic rings. The van der Waals surface area contributed by atoms with E-state index in [1.165, 1.54) is 11.3 Å². The third-order valence-electron chi connectivity index (χ3n) is 2.96. The highest BCUT2D eigenvalue weighted by Gasteiger charge is 2.28. The summed E-state index contributed by atoms with van der Waals surface area (Å²) in [5, 5.41) is 11.9. The van der Waals surface area contributed by atoms with Crippen LogP contribution in [0.5, 0.6) is 0 Å². The first-order valence-electron chi connectivity index (χ1n) is 5.30. The van der Waals surface area contributed by atoms with Gasteiger partial charge in [0.05, 0.1) is 11.1 Å². The molecule has 0 aliphatic carbocycles. The molecule has 0 spiro atoms. The maximum atomic E-state index is 12.1. The van der Waals surface area contributed by atoms with E-state index in [9.17, 15) is 9.90 Å². The number of halogens is 1. The summed E-state index contributed by atoms with van der Waals surface area (Å²) < 4.78 is 0. The largest absolute Gasteiger partial charge is 0.393 e. The Morgan fingerprint density at radius 3 is 3.00 bits per heavy atom. The molecule has 0 bridgehead atoms. The van der Waals surface area contributed by atoms with Gasteiger partial charge in [-0.15, -0.1) is 11.3 Å². The van der Waals surface area contributed by atoms with Crippen molar-refractivity contribution in [1.29, 1.82) is 0 Å². The lowest BCUT2D eigenvalue weighted by atomic mass is 9.97. The Hall–Kier alpha value is -0.580. The first kappa shape index (κ1) is 11.9. The van der Waals surface area contributed by atoms with E-state index >= 15 is 0 Å². The Morgan fingerprint density at radius 1 is 1.69 bits per heavy atom. The Balaban J connectivity index is 2.09. The van der Waals surface area contributed by atoms with Crippen LogP contribution in [0.4, 0.5) is 0 Å². The van der Waals surface area contributed by atoms with E-state index in [1.807, 2.05) is 12.3 Å². The maximum Gasteiger partial charge on any atom is 0.265 e. The Bertz CT molecular complexity index is 393. The third kappa shape index (κ3) is 2.24. The molecular formula is C11H14ClNO2S. The van der Waals surface area contributed by atoms with Gasteiger partial charge in [0.15, 0.2) is 0 Å². The zero-order valence-electron chi connectivity index (χ0n) is 9.02. The van der Waals surface area contributed by atoms with Gasteiger partial charge in [-0.2, -0.15) is 0 Å². The number of carbonyl (C=O) groups is 1. The summed E-state index contributed by atoms with van der Waals surface area (Å²) in [7, 11) is 0. The Morgan fingerprint density at radius 2 is 2.44 bits per heavy atom. The lowest BCUT2D eigenvalue weighted by Crippen LogP contribution is -2.44. The molecule has 16 heavy (non-hydrogen) atoms. The standard InChI is InChI=1S/C11H14ClNO2S/c1-7-6-13(4-2-9(7)14)11(15)10-8(12)3-5-16-10/h3,5,7,9,14H,2,4,6H2,1H3. The molecule has 0 radical (unpaired) electrons. The molecular weight excluding hydrogens is 246 g/mol. The number of rotatable bonds is 1. The third-order valence-corrected chi connectivity index (χ3v) is 4.29. The van der Waals surface area contributed by atoms with Crippen molar-refractivity contribution in [2.24, 2.45) is 5.92 Å². The summed E-state index contributed by atoms with van der Waals surface area (Å²) in [6.45, 7) is 3.17. The van der Waals surface area contributed by atoms with Gasteiger partial charge in [-0.25, -0.2) is 0 Å². The lowest BCUT2D eigenvalue weighted by Gasteiger charge is -2.34. The molecule has 2 rings (SSSR count). The molecule has 0 aromatic carbocycles. The fraction of sp³-hybridized carbons (Fsp3) is 0.545. The molecule has 1 N–H and O–H groups in total. The van der Waals surface area contributed by atoms with Gasteiger partial charge >= 0.3 is 0 Å². The fourth-order valence-corrected chi connectivity index (χ4v) is 3.01. The molecule has 3 nitrogen and oxygen atoms in total. The SMILES string of the molecule is CC1CN(C(=O)c2sccc2Cl)CCC1O. The van der Waals surface area contributed by atoms with E-state index in [0.717, 1.165) is 0 Å². The molecule has 2 unspecified atom stereocenters. The van der Waals surface area contributed by atoms with Gasteiger partial charge in [0, 0.05) is 13.1 Å². The number of aliphatic hydroxyl groups is 1. The van der Waals surface area contributed by atoms with Gasteiger partial charge in [-0.05, 0) is 23.8 Å². The van der Waals surface area contributed by atoms with Crippen molar-refractivity contribution in [1.82, 2.24) is 4.90 Å². The highest BCUT2D eigenvalue weighted by Crippen LogP contribution is 2.26. The fourth-order valence-electron chi connectivity index (χ4n) is 1.91. The van der Waals surface area contributed by atoms with Crippen LogP contribution in [-0.2, 0) is 0 Å². The van der Waals surface area contributed by atoms with Gasteiger partial charge in [0.1, 0.15) is 4.88 Å². The van der Waals surface area contributed by atoms with Gasteiger partial charge in [-0.1, -0.05) is 18.5 Å². The smallest absolute Gasteiger partial charge is 0.265 e. The predicted molar refractivity (Wildman–Crippen MR) is 65.0 cm³/mol. The van der Waals surface area contributed by atoms with E-state index in [2.05, 4.69) is 0 Å². The number of thiophene rings is 1. The first-order chi connectivity index (χ1) is 7.59. The monoisotopic (exact) mass is 259 g/mol. The van der Waals surface area contributed by atoms with E-state index in [-0.39, 0.29) is 17.9 Å². The molecule has 1 fully saturated rings. The van der Waals surface area contributed by atoms with Gasteiger partial charge < -0.3 is 10.0 Å². The number of carbonyl (C=O) groups excluding carboxylic acids is 1. The minimum atomic E-state index is -0.289. The van der Waals surface area contributed by atoms with Crippen LogP contribution >= 0.6 is 22.9 Å². The first-order valence-corrected chi connectivity index (χ1v) is 6.55. The van der Waals surface area contributed by atoms with Crippen LogP contribution in [-0.4, -0.2) is 35.1 Å². The second-order valence-electron chi connectivity index (χ2n) is 4.18. The topological polar surface area (TPSA) is 40.5 Å². The van der Waals surface area contributed by atoms with Crippen molar-refractivity contribution in [3.63, 3.8) is 0 Å². The van der Waals surface area contributed by atoms with Crippen molar-refractivity contribution in [2.45, 2.75) is 19.4 Å². The molecule has 1 amide bonds. The number of hydrogen-bond acceptors (Lipinski definition) is 3. The highest BCUT2D eigenvalue weighted by molar-refractivity contribution is 7.12. The summed E-state index contributed by atoms with van der Waals surface area (Å²) in [5.41, 5.74) is 0. The summed E-state index contributed by atoms with van der Waals surface area (Å²) in [6.07, 6.45) is 0.360. The number of hydrogen-bond donors (Lipinski definition) is 1. The van der Waals surface area contributed by atoms with Crippen LogP contribution in [0.2, 0.25) is 5.02 Å². The van der Waals surface area contributed by atoms with Crippen LogP contribution in [0, 0.1) is 5.92 Å². The molecule has 1 saturated heterocycles. The van der Waals surface area contributed by atoms with E-state index in [0.29, 0.717) is 29.4 Å². The molecule has 1 aliphatic heterocycles. The lowest BCUT2D eigenvalue weighted by molar-refractivity contribution is 0.0300. The van der Waals surface area contributed by atoms with E-state index in [4.69, 9.17) is 11.6 Å². The second kappa shape index (κ2) is 4.73. The number of piperidine rings is 1. The van der Waals surface area contributed by atoms with Crippen molar-refractivity contribution in [3.8, 4) is 0 Å². The minimum absolute atomic E-state index is 0.0150. The molecule has 0 saturated carbocycles. The maximum absolute atomic E-state index is 12.1. The van der Waals surface area contributed by atoms with E-state index in [1.54, 1.807) is 11.0 Å². The summed E-state index contributed by atoms with van der Waals surface area (Å²) in [6, 6.07) is 1.74. The van der Waals surface area contributed by atoms with E-state index < -0.39 is 0 Å². The van der Waals surface area contributed by atoms with Gasteiger partial charge in [-0.3, -0.25) is 4.79 Å². The normalized spacial score (nSPS) is 25.8. The second-order valence-corrected chi connectivity index (χ2v) is 5.51. The van der Waals surface area contributed by atoms with Gasteiger partial charge in [0.25, 0.3) is 5.91 Å². The summed E-state index contributed by atoms with van der Waals surface area (Å²) >= 11 is 7.30. The predicted octanol–water partition coefficient (Wildman–Crippen LogP) is 2.24. The van der Waals surface area contributed by atoms with Crippen LogP contribution in [0.1, 0.15) is 23.0 Å². The minimum Gasteiger partial charge on any atom is -0.393 e. The molecule has 2 heterocycles. The quantitative estimate of drug-likeness (QED) is 0.840. The number of likely N-dealkylation sites (tertiary alicyclic amines) is 1. The van der Waals surface area contributed by atoms with Crippen molar-refractivity contribution in [3.05, 3.63) is 21.3 Å². The number of aliphatic hydroxyl groups excluding tert-OH is 1. The van der Waals surface area contributed by atoms with Crippen LogP contribution in [0.15, 0.2) is 11.4 Å². The highest BCUT2D eigenvalue weighted by atomic mass is 35.5. The number of amides is 1.